The van der Waals surface area contributed by atoms with Gasteiger partial charge >= 0.3 is 0 Å². The molecule has 0 saturated carbocycles. The van der Waals surface area contributed by atoms with E-state index in [4.69, 9.17) is 0 Å². The fraction of sp³-hybridized carbons (Fsp3) is 0. The summed E-state index contributed by atoms with van der Waals surface area (Å²) in [5.41, 5.74) is -2.32. The summed E-state index contributed by atoms with van der Waals surface area (Å²) >= 11 is 0. The third-order valence-corrected chi connectivity index (χ3v) is 2.21. The Hall–Kier alpha value is -2.05. The molecule has 2 rings (SSSR count). The zero-order valence-corrected chi connectivity index (χ0v) is 8.45. The van der Waals surface area contributed by atoms with Crippen molar-refractivity contribution in [1.29, 1.82) is 0 Å². The van der Waals surface area contributed by atoms with Crippen molar-refractivity contribution in [1.82, 2.24) is 4.98 Å². The van der Waals surface area contributed by atoms with E-state index >= 15 is 0 Å². The molecule has 0 amide bonds. The van der Waals surface area contributed by atoms with Crippen LogP contribution in [0.5, 0.6) is 0 Å². The lowest BCUT2D eigenvalue weighted by molar-refractivity contribution is 0.380. The second-order valence-corrected chi connectivity index (χ2v) is 3.28. The van der Waals surface area contributed by atoms with E-state index in [0.29, 0.717) is 0 Å². The molecule has 1 aromatic carbocycles. The molecule has 0 aliphatic carbocycles. The molecule has 0 aliphatic heterocycles. The smallest absolute Gasteiger partial charge is 0.200 e. The minimum atomic E-state index is -2.30. The van der Waals surface area contributed by atoms with E-state index in [-0.39, 0.29) is 0 Å². The molecule has 2 aromatic rings. The molecule has 0 saturated heterocycles. The molecule has 94 valence electrons. The van der Waals surface area contributed by atoms with Crippen molar-refractivity contribution in [2.24, 2.45) is 0 Å². The standard InChI is InChI=1S/C11H3F6N/c12-4-2-1-3-18-11(4)5-6(13)8(15)10(17)9(16)7(5)14/h1-3H. The molecule has 0 bridgehead atoms. The van der Waals surface area contributed by atoms with Gasteiger partial charge in [-0.1, -0.05) is 0 Å². The summed E-state index contributed by atoms with van der Waals surface area (Å²) in [6.45, 7) is 0. The highest BCUT2D eigenvalue weighted by Gasteiger charge is 2.28. The van der Waals surface area contributed by atoms with Crippen LogP contribution in [0, 0.1) is 34.9 Å². The fourth-order valence-electron chi connectivity index (χ4n) is 1.38. The molecule has 0 aliphatic rings. The van der Waals surface area contributed by atoms with Crippen molar-refractivity contribution in [3.8, 4) is 11.3 Å². The highest BCUT2D eigenvalue weighted by atomic mass is 19.2. The van der Waals surface area contributed by atoms with Gasteiger partial charge in [-0.3, -0.25) is 4.98 Å². The quantitative estimate of drug-likeness (QED) is 0.435. The Morgan fingerprint density at radius 1 is 0.722 bits per heavy atom. The predicted octanol–water partition coefficient (Wildman–Crippen LogP) is 3.58. The molecule has 1 aromatic heterocycles. The summed E-state index contributed by atoms with van der Waals surface area (Å²) in [4.78, 5) is 3.27. The van der Waals surface area contributed by atoms with E-state index < -0.39 is 46.2 Å². The van der Waals surface area contributed by atoms with Gasteiger partial charge in [0, 0.05) is 6.20 Å². The van der Waals surface area contributed by atoms with E-state index in [0.717, 1.165) is 18.3 Å². The topological polar surface area (TPSA) is 12.9 Å². The van der Waals surface area contributed by atoms with Crippen LogP contribution >= 0.6 is 0 Å². The predicted molar refractivity (Wildman–Crippen MR) is 49.4 cm³/mol. The average Bonchev–Trinajstić information content (AvgIpc) is 2.36. The summed E-state index contributed by atoms with van der Waals surface area (Å²) in [7, 11) is 0. The number of hydrogen-bond acceptors (Lipinski definition) is 1. The third kappa shape index (κ3) is 1.71. The maximum absolute atomic E-state index is 13.3. The van der Waals surface area contributed by atoms with Crippen molar-refractivity contribution in [3.05, 3.63) is 53.2 Å². The highest BCUT2D eigenvalue weighted by molar-refractivity contribution is 5.61. The first-order valence-electron chi connectivity index (χ1n) is 4.57. The largest absolute Gasteiger partial charge is 0.253 e. The lowest BCUT2D eigenvalue weighted by atomic mass is 10.1. The van der Waals surface area contributed by atoms with Crippen LogP contribution in [0.15, 0.2) is 18.3 Å². The minimum Gasteiger partial charge on any atom is -0.253 e. The Morgan fingerprint density at radius 2 is 1.22 bits per heavy atom. The van der Waals surface area contributed by atoms with Gasteiger partial charge in [0.25, 0.3) is 0 Å². The zero-order valence-electron chi connectivity index (χ0n) is 8.45. The van der Waals surface area contributed by atoms with Crippen molar-refractivity contribution >= 4 is 0 Å². The summed E-state index contributed by atoms with van der Waals surface area (Å²) < 4.78 is 78.5. The Labute approximate surface area is 96.7 Å². The lowest BCUT2D eigenvalue weighted by Gasteiger charge is -2.08. The Kier molecular flexibility index (Phi) is 2.98. The van der Waals surface area contributed by atoms with Gasteiger partial charge in [-0.2, -0.15) is 0 Å². The summed E-state index contributed by atoms with van der Waals surface area (Å²) in [5, 5.41) is 0. The van der Waals surface area contributed by atoms with Crippen LogP contribution in [-0.2, 0) is 0 Å². The molecule has 7 heteroatoms. The van der Waals surface area contributed by atoms with Crippen molar-refractivity contribution in [2.45, 2.75) is 0 Å². The molecule has 18 heavy (non-hydrogen) atoms. The van der Waals surface area contributed by atoms with E-state index in [9.17, 15) is 26.3 Å². The molecule has 1 nitrogen and oxygen atoms in total. The van der Waals surface area contributed by atoms with Crippen LogP contribution in [-0.4, -0.2) is 4.98 Å². The Morgan fingerprint density at radius 3 is 1.72 bits per heavy atom. The number of benzene rings is 1. The van der Waals surface area contributed by atoms with Gasteiger partial charge < -0.3 is 0 Å². The van der Waals surface area contributed by atoms with Gasteiger partial charge in [0.1, 0.15) is 11.5 Å². The van der Waals surface area contributed by atoms with Crippen LogP contribution in [0.1, 0.15) is 0 Å². The number of hydrogen-bond donors (Lipinski definition) is 0. The van der Waals surface area contributed by atoms with Crippen LogP contribution in [0.3, 0.4) is 0 Å². The minimum absolute atomic E-state index is 0.792. The molecular formula is C11H3F6N. The fourth-order valence-corrected chi connectivity index (χ4v) is 1.38. The summed E-state index contributed by atoms with van der Waals surface area (Å²) in [6.07, 6.45) is 0.969. The third-order valence-electron chi connectivity index (χ3n) is 2.21. The maximum Gasteiger partial charge on any atom is 0.200 e. The normalized spacial score (nSPS) is 10.8. The molecular weight excluding hydrogens is 260 g/mol. The van der Waals surface area contributed by atoms with Gasteiger partial charge in [0.2, 0.25) is 5.82 Å². The van der Waals surface area contributed by atoms with Crippen molar-refractivity contribution in [2.75, 3.05) is 0 Å². The first kappa shape index (κ1) is 12.4. The maximum atomic E-state index is 13.3. The number of rotatable bonds is 1. The lowest BCUT2D eigenvalue weighted by Crippen LogP contribution is -2.05. The van der Waals surface area contributed by atoms with E-state index in [1.807, 2.05) is 0 Å². The molecule has 0 atom stereocenters. The van der Waals surface area contributed by atoms with Crippen molar-refractivity contribution < 1.29 is 26.3 Å². The van der Waals surface area contributed by atoms with Gasteiger partial charge in [0.05, 0.1) is 5.56 Å². The first-order valence-corrected chi connectivity index (χ1v) is 4.57. The average molecular weight is 263 g/mol. The van der Waals surface area contributed by atoms with E-state index in [1.165, 1.54) is 0 Å². The van der Waals surface area contributed by atoms with Gasteiger partial charge in [-0.25, -0.2) is 26.3 Å². The molecule has 1 heterocycles. The molecule has 0 spiro atoms. The van der Waals surface area contributed by atoms with E-state index in [1.54, 1.807) is 0 Å². The molecule has 0 N–H and O–H groups in total. The van der Waals surface area contributed by atoms with Crippen LogP contribution in [0.4, 0.5) is 26.3 Å². The van der Waals surface area contributed by atoms with Crippen LogP contribution in [0.2, 0.25) is 0 Å². The molecule has 0 unspecified atom stereocenters. The highest BCUT2D eigenvalue weighted by Crippen LogP contribution is 2.31. The van der Waals surface area contributed by atoms with Gasteiger partial charge in [-0.15, -0.1) is 0 Å². The van der Waals surface area contributed by atoms with E-state index in [2.05, 4.69) is 4.98 Å². The number of nitrogens with zero attached hydrogens (tertiary/aromatic N) is 1. The second-order valence-electron chi connectivity index (χ2n) is 3.28. The van der Waals surface area contributed by atoms with Crippen LogP contribution < -0.4 is 0 Å². The first-order chi connectivity index (χ1) is 8.45. The zero-order chi connectivity index (χ0) is 13.4. The summed E-state index contributed by atoms with van der Waals surface area (Å²) in [6, 6.07) is 1.91. The number of halogens is 6. The second kappa shape index (κ2) is 4.32. The van der Waals surface area contributed by atoms with Crippen LogP contribution in [0.25, 0.3) is 11.3 Å². The van der Waals surface area contributed by atoms with Crippen molar-refractivity contribution in [3.63, 3.8) is 0 Å². The number of aromatic nitrogens is 1. The van der Waals surface area contributed by atoms with Gasteiger partial charge in [-0.05, 0) is 12.1 Å². The monoisotopic (exact) mass is 263 g/mol. The Bertz CT molecular complexity index is 596. The molecule has 0 fully saturated rings. The molecule has 0 radical (unpaired) electrons. The SMILES string of the molecule is Fc1cccnc1-c1c(F)c(F)c(F)c(F)c1F. The van der Waals surface area contributed by atoms with Gasteiger partial charge in [0.15, 0.2) is 23.3 Å². The Balaban J connectivity index is 2.85. The summed E-state index contributed by atoms with van der Waals surface area (Å²) in [5.74, 6) is -12.0. The number of pyridine rings is 1.